The molecule has 0 bridgehead atoms. The molecule has 0 aliphatic heterocycles. The molecule has 0 atom stereocenters. The second kappa shape index (κ2) is 2.79. The van der Waals surface area contributed by atoms with Gasteiger partial charge in [0.15, 0.2) is 0 Å². The summed E-state index contributed by atoms with van der Waals surface area (Å²) in [5.74, 6) is 0. The van der Waals surface area contributed by atoms with Gasteiger partial charge >= 0.3 is 0 Å². The lowest BCUT2D eigenvalue weighted by molar-refractivity contribution is 0.443. The number of aryl methyl sites for hydroxylation is 1. The number of rotatable bonds is 1. The van der Waals surface area contributed by atoms with E-state index in [9.17, 15) is 4.80 Å². The molecule has 0 saturated carbocycles. The molecule has 0 heterocycles. The van der Waals surface area contributed by atoms with Crippen molar-refractivity contribution in [2.24, 2.45) is 0 Å². The van der Waals surface area contributed by atoms with Crippen LogP contribution in [0.25, 0.3) is 0 Å². The molecule has 0 aliphatic rings. The second-order valence-electron chi connectivity index (χ2n) is 3.38. The summed E-state index contributed by atoms with van der Waals surface area (Å²) in [6.45, 7) is 5.67. The number of hydrogen-bond donors (Lipinski definition) is 0. The fraction of sp³-hybridized carbons (Fsp3) is 0.333. The summed E-state index contributed by atoms with van der Waals surface area (Å²) >= 11 is 0. The molecule has 11 heavy (non-hydrogen) atoms. The van der Waals surface area contributed by atoms with Crippen molar-refractivity contribution in [3.05, 3.63) is 29.8 Å². The summed E-state index contributed by atoms with van der Waals surface area (Å²) in [5.41, 5.74) is 1.21. The van der Waals surface area contributed by atoms with E-state index in [2.05, 4.69) is 0 Å². The Labute approximate surface area is 68.8 Å². The van der Waals surface area contributed by atoms with E-state index in [0.29, 0.717) is 0 Å². The van der Waals surface area contributed by atoms with Gasteiger partial charge in [-0.1, -0.05) is 29.8 Å². The minimum absolute atomic E-state index is 0.989. The molecule has 0 aliphatic carbocycles. The zero-order chi connectivity index (χ0) is 8.48. The standard InChI is InChI=1S/C9H13OSi/c1-8-4-6-9(7-5-8)11(2,3)10/h4-7H,1-3H3. The maximum absolute atomic E-state index is 11.6. The van der Waals surface area contributed by atoms with Gasteiger partial charge in [0.2, 0.25) is 0 Å². The van der Waals surface area contributed by atoms with Crippen molar-refractivity contribution in [1.29, 1.82) is 0 Å². The van der Waals surface area contributed by atoms with Crippen LogP contribution >= 0.6 is 0 Å². The smallest absolute Gasteiger partial charge is 0.262 e. The van der Waals surface area contributed by atoms with Crippen molar-refractivity contribution in [3.8, 4) is 0 Å². The quantitative estimate of drug-likeness (QED) is 0.566. The maximum atomic E-state index is 11.6. The molecule has 0 fully saturated rings. The lowest BCUT2D eigenvalue weighted by Gasteiger charge is -2.10. The average molecular weight is 165 g/mol. The van der Waals surface area contributed by atoms with E-state index in [-0.39, 0.29) is 0 Å². The molecular formula is C9H13OSi. The van der Waals surface area contributed by atoms with Gasteiger partial charge in [-0.05, 0) is 25.2 Å². The van der Waals surface area contributed by atoms with Crippen molar-refractivity contribution in [3.63, 3.8) is 0 Å². The second-order valence-corrected chi connectivity index (χ2v) is 6.97. The van der Waals surface area contributed by atoms with Gasteiger partial charge in [-0.2, -0.15) is 0 Å². The molecule has 59 valence electrons. The summed E-state index contributed by atoms with van der Waals surface area (Å²) in [5, 5.41) is 0.989. The Hall–Kier alpha value is -0.603. The van der Waals surface area contributed by atoms with E-state index < -0.39 is 8.32 Å². The first-order valence-electron chi connectivity index (χ1n) is 3.78. The molecule has 0 aromatic heterocycles. The highest BCUT2D eigenvalue weighted by Crippen LogP contribution is 2.01. The molecule has 0 unspecified atom stereocenters. The topological polar surface area (TPSA) is 19.9 Å². The monoisotopic (exact) mass is 165 g/mol. The van der Waals surface area contributed by atoms with Gasteiger partial charge in [0.1, 0.15) is 0 Å². The number of hydrogen-bond acceptors (Lipinski definition) is 0. The molecule has 0 N–H and O–H groups in total. The van der Waals surface area contributed by atoms with Crippen molar-refractivity contribution in [1.82, 2.24) is 0 Å². The van der Waals surface area contributed by atoms with Crippen LogP contribution in [0.4, 0.5) is 0 Å². The fourth-order valence-corrected chi connectivity index (χ4v) is 1.92. The maximum Gasteiger partial charge on any atom is 0.262 e. The Morgan fingerprint density at radius 1 is 1.09 bits per heavy atom. The van der Waals surface area contributed by atoms with Crippen LogP contribution in [0.1, 0.15) is 5.56 Å². The third-order valence-electron chi connectivity index (χ3n) is 1.75. The Kier molecular flexibility index (Phi) is 2.16. The molecule has 1 rings (SSSR count). The fourth-order valence-electron chi connectivity index (χ4n) is 0.955. The Morgan fingerprint density at radius 2 is 1.55 bits per heavy atom. The molecule has 0 saturated heterocycles. The van der Waals surface area contributed by atoms with Crippen LogP contribution in [0.3, 0.4) is 0 Å². The zero-order valence-corrected chi connectivity index (χ0v) is 8.22. The van der Waals surface area contributed by atoms with E-state index in [0.717, 1.165) is 5.19 Å². The third-order valence-corrected chi connectivity index (χ3v) is 3.47. The molecule has 2 heteroatoms. The van der Waals surface area contributed by atoms with Crippen LogP contribution in [0.5, 0.6) is 0 Å². The van der Waals surface area contributed by atoms with Crippen LogP contribution in [0.15, 0.2) is 24.3 Å². The molecular weight excluding hydrogens is 152 g/mol. The zero-order valence-electron chi connectivity index (χ0n) is 7.22. The van der Waals surface area contributed by atoms with Crippen LogP contribution in [0.2, 0.25) is 13.1 Å². The summed E-state index contributed by atoms with van der Waals surface area (Å²) in [7, 11) is -2.31. The summed E-state index contributed by atoms with van der Waals surface area (Å²) in [6, 6.07) is 7.91. The lowest BCUT2D eigenvalue weighted by Crippen LogP contribution is -2.39. The molecule has 0 amide bonds. The van der Waals surface area contributed by atoms with Crippen LogP contribution in [-0.2, 0) is 4.80 Å². The van der Waals surface area contributed by atoms with Gasteiger partial charge in [0.25, 0.3) is 8.32 Å². The van der Waals surface area contributed by atoms with Gasteiger partial charge in [0.05, 0.1) is 0 Å². The van der Waals surface area contributed by atoms with E-state index in [4.69, 9.17) is 0 Å². The first kappa shape index (κ1) is 8.49. The van der Waals surface area contributed by atoms with Gasteiger partial charge in [-0.3, -0.25) is 4.80 Å². The summed E-state index contributed by atoms with van der Waals surface area (Å²) in [6.07, 6.45) is 0. The highest BCUT2D eigenvalue weighted by Gasteiger charge is 2.21. The van der Waals surface area contributed by atoms with Gasteiger partial charge in [-0.25, -0.2) is 0 Å². The van der Waals surface area contributed by atoms with Crippen LogP contribution in [0, 0.1) is 6.92 Å². The predicted molar refractivity (Wildman–Crippen MR) is 49.0 cm³/mol. The minimum Gasteiger partial charge on any atom is -0.292 e. The Bertz CT molecular complexity index is 233. The average Bonchev–Trinajstić information content (AvgIpc) is 1.86. The Morgan fingerprint density at radius 3 is 1.91 bits per heavy atom. The minimum atomic E-state index is -2.31. The highest BCUT2D eigenvalue weighted by molar-refractivity contribution is 6.82. The summed E-state index contributed by atoms with van der Waals surface area (Å²) < 4.78 is 0. The van der Waals surface area contributed by atoms with Gasteiger partial charge in [-0.15, -0.1) is 0 Å². The van der Waals surface area contributed by atoms with Gasteiger partial charge in [0, 0.05) is 0 Å². The SMILES string of the molecule is Cc1ccc([Si](C)(C)[O])cc1. The first-order chi connectivity index (χ1) is 5.00. The van der Waals surface area contributed by atoms with Crippen LogP contribution in [-0.4, -0.2) is 8.32 Å². The van der Waals surface area contributed by atoms with E-state index >= 15 is 0 Å². The third kappa shape index (κ3) is 2.17. The summed E-state index contributed by atoms with van der Waals surface area (Å²) in [4.78, 5) is 11.6. The number of benzene rings is 1. The van der Waals surface area contributed by atoms with Crippen molar-refractivity contribution < 1.29 is 4.80 Å². The largest absolute Gasteiger partial charge is 0.292 e. The predicted octanol–water partition coefficient (Wildman–Crippen LogP) is 1.84. The van der Waals surface area contributed by atoms with E-state index in [1.807, 2.05) is 44.3 Å². The van der Waals surface area contributed by atoms with Gasteiger partial charge < -0.3 is 0 Å². The normalized spacial score (nSPS) is 11.6. The van der Waals surface area contributed by atoms with Crippen molar-refractivity contribution in [2.45, 2.75) is 20.0 Å². The van der Waals surface area contributed by atoms with Crippen molar-refractivity contribution in [2.75, 3.05) is 0 Å². The van der Waals surface area contributed by atoms with E-state index in [1.165, 1.54) is 5.56 Å². The van der Waals surface area contributed by atoms with Crippen molar-refractivity contribution >= 4 is 13.5 Å². The van der Waals surface area contributed by atoms with E-state index in [1.54, 1.807) is 0 Å². The highest BCUT2D eigenvalue weighted by atomic mass is 28.4. The lowest BCUT2D eigenvalue weighted by atomic mass is 10.2. The Balaban J connectivity index is 2.99. The molecule has 1 radical (unpaired) electrons. The molecule has 0 spiro atoms. The molecule has 1 nitrogen and oxygen atoms in total. The first-order valence-corrected chi connectivity index (χ1v) is 6.68. The molecule has 1 aromatic carbocycles. The molecule has 1 aromatic rings. The van der Waals surface area contributed by atoms with Crippen LogP contribution < -0.4 is 5.19 Å².